The van der Waals surface area contributed by atoms with Crippen LogP contribution in [0.1, 0.15) is 26.2 Å². The molecular formula is C16H23F2N3O. The molecule has 1 aromatic carbocycles. The zero-order valence-electron chi connectivity index (χ0n) is 12.9. The molecular weight excluding hydrogens is 288 g/mol. The fourth-order valence-corrected chi connectivity index (χ4v) is 2.82. The Morgan fingerprint density at radius 3 is 2.77 bits per heavy atom. The third-order valence-electron chi connectivity index (χ3n) is 3.89. The molecule has 1 aromatic rings. The number of carbonyl (C=O) groups is 1. The van der Waals surface area contributed by atoms with Crippen LogP contribution >= 0.6 is 0 Å². The first kappa shape index (κ1) is 16.8. The second-order valence-electron chi connectivity index (χ2n) is 5.62. The van der Waals surface area contributed by atoms with Crippen LogP contribution in [0.4, 0.5) is 14.5 Å². The number of anilines is 1. The van der Waals surface area contributed by atoms with Gasteiger partial charge in [-0.15, -0.1) is 0 Å². The Kier molecular flexibility index (Phi) is 6.27. The SMILES string of the molecule is CCCN(CC(=O)Nc1cc(F)ccc1F)C1CCNCC1. The standard InChI is InChI=1S/C16H23F2N3O/c1-2-9-21(13-5-7-19-8-6-13)11-16(22)20-15-10-12(17)3-4-14(15)18/h3-4,10,13,19H,2,5-9,11H2,1H3,(H,20,22). The van der Waals surface area contributed by atoms with E-state index in [1.54, 1.807) is 0 Å². The maximum absolute atomic E-state index is 13.6. The normalized spacial score (nSPS) is 16.0. The van der Waals surface area contributed by atoms with Gasteiger partial charge in [0.2, 0.25) is 5.91 Å². The zero-order chi connectivity index (χ0) is 15.9. The minimum absolute atomic E-state index is 0.105. The van der Waals surface area contributed by atoms with E-state index >= 15 is 0 Å². The van der Waals surface area contributed by atoms with Crippen LogP contribution in [0.2, 0.25) is 0 Å². The van der Waals surface area contributed by atoms with Crippen molar-refractivity contribution in [3.8, 4) is 0 Å². The van der Waals surface area contributed by atoms with Gasteiger partial charge in [0, 0.05) is 12.1 Å². The lowest BCUT2D eigenvalue weighted by molar-refractivity contribution is -0.118. The van der Waals surface area contributed by atoms with Crippen molar-refractivity contribution in [3.63, 3.8) is 0 Å². The van der Waals surface area contributed by atoms with Crippen LogP contribution < -0.4 is 10.6 Å². The molecule has 0 radical (unpaired) electrons. The minimum Gasteiger partial charge on any atom is -0.322 e. The molecule has 1 aliphatic rings. The van der Waals surface area contributed by atoms with Gasteiger partial charge in [-0.05, 0) is 51.0 Å². The summed E-state index contributed by atoms with van der Waals surface area (Å²) in [5, 5.41) is 5.77. The molecule has 2 N–H and O–H groups in total. The van der Waals surface area contributed by atoms with Gasteiger partial charge >= 0.3 is 0 Å². The van der Waals surface area contributed by atoms with Crippen LogP contribution in [0.15, 0.2) is 18.2 Å². The summed E-state index contributed by atoms with van der Waals surface area (Å²) in [6.07, 6.45) is 2.95. The lowest BCUT2D eigenvalue weighted by atomic mass is 10.0. The third kappa shape index (κ3) is 4.74. The van der Waals surface area contributed by atoms with E-state index in [9.17, 15) is 13.6 Å². The molecule has 4 nitrogen and oxygen atoms in total. The highest BCUT2D eigenvalue weighted by atomic mass is 19.1. The first-order chi connectivity index (χ1) is 10.6. The molecule has 0 aromatic heterocycles. The third-order valence-corrected chi connectivity index (χ3v) is 3.89. The molecule has 0 aliphatic carbocycles. The fourth-order valence-electron chi connectivity index (χ4n) is 2.82. The molecule has 0 spiro atoms. The van der Waals surface area contributed by atoms with Crippen molar-refractivity contribution in [1.29, 1.82) is 0 Å². The molecule has 0 unspecified atom stereocenters. The Balaban J connectivity index is 1.96. The van der Waals surface area contributed by atoms with Crippen LogP contribution in [-0.2, 0) is 4.79 Å². The Morgan fingerprint density at radius 1 is 1.36 bits per heavy atom. The number of halogens is 2. The molecule has 1 fully saturated rings. The molecule has 1 aliphatic heterocycles. The summed E-state index contributed by atoms with van der Waals surface area (Å²) in [5.74, 6) is -1.50. The lowest BCUT2D eigenvalue weighted by Gasteiger charge is -2.34. The van der Waals surface area contributed by atoms with E-state index in [0.29, 0.717) is 6.04 Å². The second kappa shape index (κ2) is 8.19. The molecule has 1 saturated heterocycles. The number of benzene rings is 1. The average molecular weight is 311 g/mol. The topological polar surface area (TPSA) is 44.4 Å². The number of hydrogen-bond donors (Lipinski definition) is 2. The van der Waals surface area contributed by atoms with Crippen molar-refractivity contribution in [1.82, 2.24) is 10.2 Å². The van der Waals surface area contributed by atoms with E-state index < -0.39 is 11.6 Å². The summed E-state index contributed by atoms with van der Waals surface area (Å²) in [7, 11) is 0. The van der Waals surface area contributed by atoms with Gasteiger partial charge in [0.15, 0.2) is 0 Å². The highest BCUT2D eigenvalue weighted by molar-refractivity contribution is 5.92. The highest BCUT2D eigenvalue weighted by Gasteiger charge is 2.22. The molecule has 1 amide bonds. The van der Waals surface area contributed by atoms with Crippen LogP contribution in [0.25, 0.3) is 0 Å². The van der Waals surface area contributed by atoms with Crippen LogP contribution in [0.3, 0.4) is 0 Å². The van der Waals surface area contributed by atoms with Crippen LogP contribution in [0, 0.1) is 11.6 Å². The molecule has 6 heteroatoms. The van der Waals surface area contributed by atoms with E-state index in [0.717, 1.165) is 57.1 Å². The van der Waals surface area contributed by atoms with Crippen molar-refractivity contribution in [3.05, 3.63) is 29.8 Å². The molecule has 22 heavy (non-hydrogen) atoms. The molecule has 1 heterocycles. The van der Waals surface area contributed by atoms with E-state index in [1.807, 2.05) is 0 Å². The fraction of sp³-hybridized carbons (Fsp3) is 0.562. The Morgan fingerprint density at radius 2 is 2.09 bits per heavy atom. The summed E-state index contributed by atoms with van der Waals surface area (Å²) < 4.78 is 26.7. The number of hydrogen-bond acceptors (Lipinski definition) is 3. The van der Waals surface area contributed by atoms with Crippen LogP contribution in [-0.4, -0.2) is 43.0 Å². The summed E-state index contributed by atoms with van der Waals surface area (Å²) >= 11 is 0. The zero-order valence-corrected chi connectivity index (χ0v) is 12.9. The minimum atomic E-state index is -0.626. The number of nitrogens with zero attached hydrogens (tertiary/aromatic N) is 1. The number of nitrogens with one attached hydrogen (secondary N) is 2. The van der Waals surface area contributed by atoms with Gasteiger partial charge in [-0.25, -0.2) is 8.78 Å². The van der Waals surface area contributed by atoms with E-state index in [2.05, 4.69) is 22.5 Å². The summed E-state index contributed by atoms with van der Waals surface area (Å²) in [5.41, 5.74) is -0.105. The predicted molar refractivity (Wildman–Crippen MR) is 82.7 cm³/mol. The van der Waals surface area contributed by atoms with Crippen molar-refractivity contribution < 1.29 is 13.6 Å². The van der Waals surface area contributed by atoms with Crippen molar-refractivity contribution in [2.75, 3.05) is 31.5 Å². The first-order valence-corrected chi connectivity index (χ1v) is 7.80. The van der Waals surface area contributed by atoms with Crippen LogP contribution in [0.5, 0.6) is 0 Å². The molecule has 0 atom stereocenters. The smallest absolute Gasteiger partial charge is 0.238 e. The molecule has 2 rings (SSSR count). The Labute approximate surface area is 129 Å². The van der Waals surface area contributed by atoms with Crippen molar-refractivity contribution in [2.45, 2.75) is 32.2 Å². The summed E-state index contributed by atoms with van der Waals surface area (Å²) in [4.78, 5) is 14.3. The monoisotopic (exact) mass is 311 g/mol. The molecule has 122 valence electrons. The van der Waals surface area contributed by atoms with Gasteiger partial charge in [-0.3, -0.25) is 9.69 Å². The Bertz CT molecular complexity index is 504. The summed E-state index contributed by atoms with van der Waals surface area (Å²) in [6.45, 7) is 4.99. The van der Waals surface area contributed by atoms with Gasteiger partial charge in [0.25, 0.3) is 0 Å². The lowest BCUT2D eigenvalue weighted by Crippen LogP contribution is -2.46. The maximum atomic E-state index is 13.6. The van der Waals surface area contributed by atoms with Gasteiger partial charge in [-0.1, -0.05) is 6.92 Å². The predicted octanol–water partition coefficient (Wildman–Crippen LogP) is 2.37. The van der Waals surface area contributed by atoms with E-state index in [1.165, 1.54) is 0 Å². The highest BCUT2D eigenvalue weighted by Crippen LogP contribution is 2.16. The van der Waals surface area contributed by atoms with Gasteiger partial charge in [0.1, 0.15) is 11.6 Å². The van der Waals surface area contributed by atoms with E-state index in [4.69, 9.17) is 0 Å². The molecule has 0 saturated carbocycles. The quantitative estimate of drug-likeness (QED) is 0.848. The number of piperidine rings is 1. The maximum Gasteiger partial charge on any atom is 0.238 e. The first-order valence-electron chi connectivity index (χ1n) is 7.80. The van der Waals surface area contributed by atoms with E-state index in [-0.39, 0.29) is 18.1 Å². The number of rotatable bonds is 6. The number of amides is 1. The van der Waals surface area contributed by atoms with Gasteiger partial charge < -0.3 is 10.6 Å². The Hall–Kier alpha value is -1.53. The largest absolute Gasteiger partial charge is 0.322 e. The van der Waals surface area contributed by atoms with Crippen molar-refractivity contribution >= 4 is 11.6 Å². The van der Waals surface area contributed by atoms with Gasteiger partial charge in [0.05, 0.1) is 12.2 Å². The van der Waals surface area contributed by atoms with Crippen molar-refractivity contribution in [2.24, 2.45) is 0 Å². The second-order valence-corrected chi connectivity index (χ2v) is 5.62. The average Bonchev–Trinajstić information content (AvgIpc) is 2.51. The number of carbonyl (C=O) groups excluding carboxylic acids is 1. The molecule has 0 bridgehead atoms. The summed E-state index contributed by atoms with van der Waals surface area (Å²) in [6, 6.07) is 3.41. The van der Waals surface area contributed by atoms with Gasteiger partial charge in [-0.2, -0.15) is 0 Å².